The third-order valence-corrected chi connectivity index (χ3v) is 11.8. The van der Waals surface area contributed by atoms with Gasteiger partial charge >= 0.3 is 122 Å². The first-order valence-corrected chi connectivity index (χ1v) is 15.1. The van der Waals surface area contributed by atoms with Gasteiger partial charge in [-0.15, -0.1) is 0 Å². The number of thioether (sulfide) groups is 3. The van der Waals surface area contributed by atoms with E-state index in [2.05, 4.69) is 18.8 Å². The molecule has 0 aromatic heterocycles. The Bertz CT molecular complexity index is 110. The van der Waals surface area contributed by atoms with Crippen LogP contribution in [0.5, 0.6) is 0 Å². The van der Waals surface area contributed by atoms with Gasteiger partial charge in [0.05, 0.1) is 0 Å². The Kier molecular flexibility index (Phi) is 16.3. The van der Waals surface area contributed by atoms with Crippen LogP contribution in [0.25, 0.3) is 0 Å². The molecule has 0 heterocycles. The first-order chi connectivity index (χ1) is 7.85. The average molecular weight is 460 g/mol. The molecule has 0 amide bonds. The molecule has 0 N–H and O–H groups in total. The second kappa shape index (κ2) is 14.8. The van der Waals surface area contributed by atoms with E-state index >= 15 is 0 Å². The van der Waals surface area contributed by atoms with E-state index in [1.54, 1.807) is 14.8 Å². The quantitative estimate of drug-likeness (QED) is 0.372. The first kappa shape index (κ1) is 17.7. The van der Waals surface area contributed by atoms with Crippen molar-refractivity contribution in [2.45, 2.75) is 34.1 Å². The molecule has 0 radical (unpaired) electrons. The van der Waals surface area contributed by atoms with Crippen LogP contribution in [0.3, 0.4) is 0 Å². The van der Waals surface area contributed by atoms with E-state index in [4.69, 9.17) is 0 Å². The van der Waals surface area contributed by atoms with Crippen molar-refractivity contribution >= 4 is 35.3 Å². The summed E-state index contributed by atoms with van der Waals surface area (Å²) < 4.78 is 0. The zero-order valence-corrected chi connectivity index (χ0v) is 15.8. The van der Waals surface area contributed by atoms with E-state index in [9.17, 15) is 0 Å². The van der Waals surface area contributed by atoms with Crippen LogP contribution in [0.4, 0.5) is 0 Å². The molecule has 0 rings (SSSR count). The van der Waals surface area contributed by atoms with Crippen molar-refractivity contribution in [3.63, 3.8) is 0 Å². The van der Waals surface area contributed by atoms with Crippen LogP contribution >= 0.6 is 35.3 Å². The minimum absolute atomic E-state index is 0.643. The number of hydrogen-bond donors (Lipinski definition) is 0. The van der Waals surface area contributed by atoms with E-state index in [0.717, 1.165) is 0 Å². The van der Waals surface area contributed by atoms with Gasteiger partial charge in [0.25, 0.3) is 0 Å². The molecular formula is C12H27IrS3. The predicted molar refractivity (Wildman–Crippen MR) is 83.4 cm³/mol. The maximum atomic E-state index is 2.24. The summed E-state index contributed by atoms with van der Waals surface area (Å²) in [4.78, 5) is 4.89. The van der Waals surface area contributed by atoms with Crippen molar-refractivity contribution in [2.24, 2.45) is 0 Å². The van der Waals surface area contributed by atoms with E-state index in [1.807, 2.05) is 35.3 Å². The summed E-state index contributed by atoms with van der Waals surface area (Å²) >= 11 is 5.41. The Labute approximate surface area is 121 Å². The molecule has 0 aliphatic rings. The summed E-state index contributed by atoms with van der Waals surface area (Å²) in [5.41, 5.74) is 0. The summed E-state index contributed by atoms with van der Waals surface area (Å²) in [6.07, 6.45) is 11.2. The molecule has 16 heavy (non-hydrogen) atoms. The molecular weight excluding hydrogens is 433 g/mol. The molecule has 4 heteroatoms. The Balaban J connectivity index is 3.58. The van der Waals surface area contributed by atoms with Crippen molar-refractivity contribution in [2.75, 3.05) is 36.0 Å². The molecule has 0 aromatic rings. The van der Waals surface area contributed by atoms with Gasteiger partial charge in [-0.1, -0.05) is 0 Å². The molecule has 0 saturated carbocycles. The van der Waals surface area contributed by atoms with Crippen LogP contribution in [0.1, 0.15) is 19.3 Å². The second-order valence-corrected chi connectivity index (χ2v) is 13.7. The summed E-state index contributed by atoms with van der Waals surface area (Å²) in [5.74, 6) is 4.17. The Morgan fingerprint density at radius 3 is 1.19 bits per heavy atom. The molecule has 0 unspecified atom stereocenters. The predicted octanol–water partition coefficient (Wildman–Crippen LogP) is 5.12. The number of rotatable bonds is 12. The molecule has 0 saturated heterocycles. The molecule has 0 atom stereocenters. The van der Waals surface area contributed by atoms with Crippen molar-refractivity contribution < 1.29 is 16.5 Å². The summed E-state index contributed by atoms with van der Waals surface area (Å²) in [7, 11) is 0. The van der Waals surface area contributed by atoms with E-state index in [1.165, 1.54) is 36.5 Å². The van der Waals surface area contributed by atoms with Gasteiger partial charge in [0, 0.05) is 0 Å². The standard InChI is InChI=1S/3C4H9S.Ir/c3*1-3-4-5-2;/h3*1,3-4H2,2H3;. The van der Waals surface area contributed by atoms with Crippen molar-refractivity contribution in [3.8, 4) is 0 Å². The molecule has 0 spiro atoms. The second-order valence-electron chi connectivity index (χ2n) is 3.54. The zero-order valence-electron chi connectivity index (χ0n) is 10.9. The van der Waals surface area contributed by atoms with Crippen LogP contribution < -0.4 is 0 Å². The van der Waals surface area contributed by atoms with Gasteiger partial charge in [0.15, 0.2) is 0 Å². The normalized spacial score (nSPS) is 11.8. The van der Waals surface area contributed by atoms with Gasteiger partial charge in [-0.3, -0.25) is 0 Å². The molecule has 0 bridgehead atoms. The average Bonchev–Trinajstić information content (AvgIpc) is 2.29. The van der Waals surface area contributed by atoms with Crippen LogP contribution in [0.15, 0.2) is 0 Å². The fraction of sp³-hybridized carbons (Fsp3) is 1.00. The fourth-order valence-electron chi connectivity index (χ4n) is 1.33. The van der Waals surface area contributed by atoms with Crippen LogP contribution in [-0.4, -0.2) is 36.0 Å². The molecule has 0 aliphatic carbocycles. The summed E-state index contributed by atoms with van der Waals surface area (Å²) in [6.45, 7) is 0. The summed E-state index contributed by atoms with van der Waals surface area (Å²) in [5, 5.41) is 0. The van der Waals surface area contributed by atoms with Crippen molar-refractivity contribution in [3.05, 3.63) is 0 Å². The van der Waals surface area contributed by atoms with Gasteiger partial charge in [-0.2, -0.15) is 0 Å². The topological polar surface area (TPSA) is 0 Å². The Morgan fingerprint density at radius 2 is 0.938 bits per heavy atom. The number of hydrogen-bond acceptors (Lipinski definition) is 3. The SMILES string of the molecule is CSCC[CH2][Ir]([CH2]CCSC)[CH2]CCSC. The van der Waals surface area contributed by atoms with Gasteiger partial charge in [-0.05, 0) is 0 Å². The van der Waals surface area contributed by atoms with E-state index in [0.29, 0.717) is 0 Å². The van der Waals surface area contributed by atoms with Crippen LogP contribution in [0.2, 0.25) is 14.8 Å². The van der Waals surface area contributed by atoms with Crippen molar-refractivity contribution in [1.29, 1.82) is 0 Å². The third-order valence-electron chi connectivity index (χ3n) is 2.11. The Morgan fingerprint density at radius 1 is 0.625 bits per heavy atom. The zero-order chi connectivity index (χ0) is 12.1. The molecule has 0 aliphatic heterocycles. The first-order valence-electron chi connectivity index (χ1n) is 5.80. The van der Waals surface area contributed by atoms with Gasteiger partial charge < -0.3 is 0 Å². The Hall–Kier alpha value is 1.70. The third kappa shape index (κ3) is 12.2. The minimum atomic E-state index is -0.643. The van der Waals surface area contributed by atoms with E-state index < -0.39 is 16.5 Å². The van der Waals surface area contributed by atoms with Crippen LogP contribution in [-0.2, 0) is 16.5 Å². The maximum absolute atomic E-state index is 2.24. The molecule has 102 valence electrons. The van der Waals surface area contributed by atoms with Gasteiger partial charge in [-0.25, -0.2) is 0 Å². The van der Waals surface area contributed by atoms with Crippen molar-refractivity contribution in [1.82, 2.24) is 0 Å². The molecule has 0 aromatic carbocycles. The monoisotopic (exact) mass is 460 g/mol. The van der Waals surface area contributed by atoms with Crippen LogP contribution in [0, 0.1) is 0 Å². The summed E-state index contributed by atoms with van der Waals surface area (Å²) in [6, 6.07) is 0. The van der Waals surface area contributed by atoms with E-state index in [-0.39, 0.29) is 0 Å². The fourth-order valence-corrected chi connectivity index (χ4v) is 11.0. The van der Waals surface area contributed by atoms with Gasteiger partial charge in [0.1, 0.15) is 0 Å². The molecule has 0 nitrogen and oxygen atoms in total. The van der Waals surface area contributed by atoms with Gasteiger partial charge in [0.2, 0.25) is 0 Å². The molecule has 0 fully saturated rings.